The molecule has 0 spiro atoms. The van der Waals surface area contributed by atoms with Gasteiger partial charge in [-0.05, 0) is 40.2 Å². The highest BCUT2D eigenvalue weighted by atomic mass is 79.9. The molecule has 0 aromatic heterocycles. The number of methoxy groups -OCH3 is 1. The van der Waals surface area contributed by atoms with Crippen molar-refractivity contribution in [3.63, 3.8) is 0 Å². The lowest BCUT2D eigenvalue weighted by Gasteiger charge is -2.12. The number of para-hydroxylation sites is 1. The zero-order valence-electron chi connectivity index (χ0n) is 11.0. The summed E-state index contributed by atoms with van der Waals surface area (Å²) in [7, 11) is -2.58. The van der Waals surface area contributed by atoms with Crippen molar-refractivity contribution in [2.24, 2.45) is 0 Å². The van der Waals surface area contributed by atoms with E-state index in [1.54, 1.807) is 30.3 Å². The van der Waals surface area contributed by atoms with Crippen LogP contribution in [-0.4, -0.2) is 21.5 Å². The molecule has 0 aliphatic heterocycles. The molecule has 0 fully saturated rings. The topological polar surface area (TPSA) is 72.5 Å². The van der Waals surface area contributed by atoms with Crippen molar-refractivity contribution in [1.29, 1.82) is 0 Å². The molecule has 1 N–H and O–H groups in total. The molecular formula is C14H12BrNO4S. The maximum atomic E-state index is 12.4. The molecule has 0 saturated heterocycles. The van der Waals surface area contributed by atoms with Crippen LogP contribution in [0.25, 0.3) is 0 Å². The second-order valence-electron chi connectivity index (χ2n) is 4.07. The van der Waals surface area contributed by atoms with Gasteiger partial charge in [0.2, 0.25) is 0 Å². The molecule has 0 amide bonds. The number of carbonyl (C=O) groups excluding carboxylic acids is 1. The lowest BCUT2D eigenvalue weighted by atomic mass is 10.2. The van der Waals surface area contributed by atoms with Gasteiger partial charge in [-0.15, -0.1) is 0 Å². The number of benzene rings is 2. The van der Waals surface area contributed by atoms with Crippen LogP contribution in [0.5, 0.6) is 0 Å². The monoisotopic (exact) mass is 369 g/mol. The van der Waals surface area contributed by atoms with Gasteiger partial charge in [0.25, 0.3) is 10.0 Å². The molecular weight excluding hydrogens is 358 g/mol. The second-order valence-corrected chi connectivity index (χ2v) is 6.58. The fourth-order valence-electron chi connectivity index (χ4n) is 1.72. The van der Waals surface area contributed by atoms with E-state index in [2.05, 4.69) is 25.4 Å². The highest BCUT2D eigenvalue weighted by Gasteiger charge is 2.20. The Kier molecular flexibility index (Phi) is 4.64. The Morgan fingerprint density at radius 2 is 1.71 bits per heavy atom. The van der Waals surface area contributed by atoms with Gasteiger partial charge in [-0.2, -0.15) is 0 Å². The summed E-state index contributed by atoms with van der Waals surface area (Å²) >= 11 is 3.20. The zero-order valence-corrected chi connectivity index (χ0v) is 13.4. The van der Waals surface area contributed by atoms with Gasteiger partial charge >= 0.3 is 5.97 Å². The third kappa shape index (κ3) is 3.43. The van der Waals surface area contributed by atoms with Crippen molar-refractivity contribution < 1.29 is 17.9 Å². The number of ether oxygens (including phenoxy) is 1. The van der Waals surface area contributed by atoms with Gasteiger partial charge in [-0.25, -0.2) is 13.2 Å². The SMILES string of the molecule is COC(=O)c1ccccc1NS(=O)(=O)c1ccccc1Br. The molecule has 0 saturated carbocycles. The lowest BCUT2D eigenvalue weighted by Crippen LogP contribution is -2.16. The molecule has 0 heterocycles. The first-order valence-corrected chi connectivity index (χ1v) is 8.18. The summed E-state index contributed by atoms with van der Waals surface area (Å²) in [4.78, 5) is 11.7. The fourth-order valence-corrected chi connectivity index (χ4v) is 3.81. The summed E-state index contributed by atoms with van der Waals surface area (Å²) in [5.41, 5.74) is 0.315. The van der Waals surface area contributed by atoms with Crippen LogP contribution in [-0.2, 0) is 14.8 Å². The third-order valence-corrected chi connectivity index (χ3v) is 5.08. The Labute approximate surface area is 131 Å². The van der Waals surface area contributed by atoms with Crippen LogP contribution in [0.3, 0.4) is 0 Å². The van der Waals surface area contributed by atoms with Gasteiger partial charge in [-0.3, -0.25) is 4.72 Å². The molecule has 2 rings (SSSR count). The van der Waals surface area contributed by atoms with E-state index in [0.29, 0.717) is 4.47 Å². The third-order valence-electron chi connectivity index (χ3n) is 2.70. The van der Waals surface area contributed by atoms with E-state index in [0.717, 1.165) is 0 Å². The Morgan fingerprint density at radius 1 is 1.10 bits per heavy atom. The Morgan fingerprint density at radius 3 is 2.38 bits per heavy atom. The number of anilines is 1. The Bertz CT molecular complexity index is 774. The summed E-state index contributed by atoms with van der Waals surface area (Å²) in [5.74, 6) is -0.611. The Balaban J connectivity index is 2.43. The van der Waals surface area contributed by atoms with Crippen LogP contribution in [0, 0.1) is 0 Å². The van der Waals surface area contributed by atoms with Crippen molar-refractivity contribution in [3.8, 4) is 0 Å². The van der Waals surface area contributed by atoms with Gasteiger partial charge < -0.3 is 4.74 Å². The number of halogens is 1. The smallest absolute Gasteiger partial charge is 0.339 e. The number of sulfonamides is 1. The number of nitrogens with one attached hydrogen (secondary N) is 1. The van der Waals surface area contributed by atoms with Crippen molar-refractivity contribution in [3.05, 3.63) is 58.6 Å². The summed E-state index contributed by atoms with van der Waals surface area (Å²) < 4.78 is 32.3. The number of esters is 1. The summed E-state index contributed by atoms with van der Waals surface area (Å²) in [6, 6.07) is 12.7. The largest absolute Gasteiger partial charge is 0.465 e. The minimum absolute atomic E-state index is 0.0877. The molecule has 110 valence electrons. The first kappa shape index (κ1) is 15.5. The molecule has 2 aromatic carbocycles. The van der Waals surface area contributed by atoms with E-state index >= 15 is 0 Å². The van der Waals surface area contributed by atoms with Crippen LogP contribution in [0.4, 0.5) is 5.69 Å². The summed E-state index contributed by atoms with van der Waals surface area (Å²) in [6.07, 6.45) is 0. The van der Waals surface area contributed by atoms with Crippen LogP contribution in [0.15, 0.2) is 57.9 Å². The van der Waals surface area contributed by atoms with Crippen molar-refractivity contribution in [2.45, 2.75) is 4.90 Å². The predicted molar refractivity (Wildman–Crippen MR) is 82.7 cm³/mol. The van der Waals surface area contributed by atoms with E-state index in [1.807, 2.05) is 0 Å². The zero-order chi connectivity index (χ0) is 15.5. The van der Waals surface area contributed by atoms with E-state index in [1.165, 1.54) is 25.3 Å². The average Bonchev–Trinajstić information content (AvgIpc) is 2.47. The molecule has 0 unspecified atom stereocenters. The maximum absolute atomic E-state index is 12.4. The van der Waals surface area contributed by atoms with Gasteiger partial charge in [-0.1, -0.05) is 24.3 Å². The summed E-state index contributed by atoms with van der Waals surface area (Å²) in [5, 5.41) is 0. The van der Waals surface area contributed by atoms with Crippen molar-refractivity contribution >= 4 is 37.6 Å². The first-order valence-electron chi connectivity index (χ1n) is 5.90. The molecule has 7 heteroatoms. The number of hydrogen-bond acceptors (Lipinski definition) is 4. The Hall–Kier alpha value is -1.86. The van der Waals surface area contributed by atoms with Gasteiger partial charge in [0, 0.05) is 4.47 Å². The minimum Gasteiger partial charge on any atom is -0.465 e. The number of hydrogen-bond donors (Lipinski definition) is 1. The molecule has 0 atom stereocenters. The molecule has 5 nitrogen and oxygen atoms in total. The molecule has 0 aliphatic rings. The van der Waals surface area contributed by atoms with Crippen LogP contribution in [0.1, 0.15) is 10.4 Å². The number of rotatable bonds is 4. The molecule has 2 aromatic rings. The normalized spacial score (nSPS) is 11.0. The summed E-state index contributed by atoms with van der Waals surface area (Å²) in [6.45, 7) is 0. The number of carbonyl (C=O) groups is 1. The molecule has 0 bridgehead atoms. The standard InChI is InChI=1S/C14H12BrNO4S/c1-20-14(17)10-6-2-4-8-12(10)16-21(18,19)13-9-5-3-7-11(13)15/h2-9,16H,1H3. The van der Waals surface area contributed by atoms with Gasteiger partial charge in [0.05, 0.1) is 18.4 Å². The van der Waals surface area contributed by atoms with E-state index < -0.39 is 16.0 Å². The highest BCUT2D eigenvalue weighted by molar-refractivity contribution is 9.10. The van der Waals surface area contributed by atoms with Crippen molar-refractivity contribution in [1.82, 2.24) is 0 Å². The minimum atomic E-state index is -3.81. The van der Waals surface area contributed by atoms with E-state index in [9.17, 15) is 13.2 Å². The maximum Gasteiger partial charge on any atom is 0.339 e. The van der Waals surface area contributed by atoms with Crippen molar-refractivity contribution in [2.75, 3.05) is 11.8 Å². The quantitative estimate of drug-likeness (QED) is 0.840. The average molecular weight is 370 g/mol. The predicted octanol–water partition coefficient (Wildman–Crippen LogP) is 3.04. The highest BCUT2D eigenvalue weighted by Crippen LogP contribution is 2.25. The molecule has 0 aliphatic carbocycles. The second kappa shape index (κ2) is 6.28. The molecule has 0 radical (unpaired) electrons. The van der Waals surface area contributed by atoms with Gasteiger partial charge in [0.15, 0.2) is 0 Å². The van der Waals surface area contributed by atoms with E-state index in [-0.39, 0.29) is 16.1 Å². The fraction of sp³-hybridized carbons (Fsp3) is 0.0714. The lowest BCUT2D eigenvalue weighted by molar-refractivity contribution is 0.0602. The van der Waals surface area contributed by atoms with Crippen LogP contribution < -0.4 is 4.72 Å². The van der Waals surface area contributed by atoms with Crippen LogP contribution in [0.2, 0.25) is 0 Å². The van der Waals surface area contributed by atoms with Crippen LogP contribution >= 0.6 is 15.9 Å². The first-order chi connectivity index (χ1) is 9.95. The van der Waals surface area contributed by atoms with Gasteiger partial charge in [0.1, 0.15) is 4.90 Å². The molecule has 21 heavy (non-hydrogen) atoms. The van der Waals surface area contributed by atoms with E-state index in [4.69, 9.17) is 0 Å².